The molecule has 1 rings (SSSR count). The summed E-state index contributed by atoms with van der Waals surface area (Å²) in [5.74, 6) is 3.62. The zero-order valence-corrected chi connectivity index (χ0v) is 13.3. The minimum absolute atomic E-state index is 0.322. The van der Waals surface area contributed by atoms with Crippen LogP contribution in [0.2, 0.25) is 19.6 Å². The molecule has 0 bridgehead atoms. The van der Waals surface area contributed by atoms with Gasteiger partial charge in [0.2, 0.25) is 0 Å². The first-order chi connectivity index (χ1) is 6.90. The lowest BCUT2D eigenvalue weighted by atomic mass is 10.0. The van der Waals surface area contributed by atoms with Crippen LogP contribution in [-0.4, -0.2) is 8.07 Å². The molecule has 0 aromatic rings. The van der Waals surface area contributed by atoms with Crippen molar-refractivity contribution in [3.8, 4) is 11.5 Å². The third-order valence-electron chi connectivity index (χ3n) is 1.86. The molecule has 0 spiro atoms. The van der Waals surface area contributed by atoms with Crippen molar-refractivity contribution in [2.24, 2.45) is 5.92 Å². The molecule has 0 unspecified atom stereocenters. The van der Waals surface area contributed by atoms with Crippen molar-refractivity contribution >= 4 is 39.9 Å². The molecule has 0 radical (unpaired) electrons. The number of halogens is 2. The van der Waals surface area contributed by atoms with Gasteiger partial charge in [-0.15, -0.1) is 5.54 Å². The molecule has 1 aliphatic rings. The van der Waals surface area contributed by atoms with Crippen LogP contribution in [0.4, 0.5) is 0 Å². The number of allylic oxidation sites excluding steroid dienone is 5. The zero-order valence-electron chi connectivity index (χ0n) is 9.14. The van der Waals surface area contributed by atoms with Crippen LogP contribution in [0.5, 0.6) is 0 Å². The van der Waals surface area contributed by atoms with E-state index in [1.807, 2.05) is 0 Å². The highest BCUT2D eigenvalue weighted by molar-refractivity contribution is 9.28. The Hall–Kier alpha value is -0.0431. The highest BCUT2D eigenvalue weighted by Gasteiger charge is 2.13. The fourth-order valence-electron chi connectivity index (χ4n) is 1.14. The van der Waals surface area contributed by atoms with Crippen molar-refractivity contribution in [1.29, 1.82) is 0 Å². The molecule has 3 heteroatoms. The molecule has 0 nitrogen and oxygen atoms in total. The largest absolute Gasteiger partial charge is 0.129 e. The van der Waals surface area contributed by atoms with Gasteiger partial charge in [0.15, 0.2) is 0 Å². The summed E-state index contributed by atoms with van der Waals surface area (Å²) in [7, 11) is -1.30. The predicted octanol–water partition coefficient (Wildman–Crippen LogP) is 4.61. The van der Waals surface area contributed by atoms with Gasteiger partial charge in [0.25, 0.3) is 0 Å². The summed E-state index contributed by atoms with van der Waals surface area (Å²) in [4.78, 5) is 0. The van der Waals surface area contributed by atoms with Gasteiger partial charge in [0, 0.05) is 11.5 Å². The molecule has 0 aliphatic heterocycles. The fourth-order valence-corrected chi connectivity index (χ4v) is 2.37. The number of hydrogen-bond donors (Lipinski definition) is 0. The van der Waals surface area contributed by atoms with E-state index in [4.69, 9.17) is 0 Å². The van der Waals surface area contributed by atoms with Gasteiger partial charge in [-0.1, -0.05) is 49.9 Å². The minimum atomic E-state index is -1.30. The van der Waals surface area contributed by atoms with Crippen LogP contribution in [0.3, 0.4) is 0 Å². The molecule has 0 heterocycles. The maximum atomic E-state index is 3.46. The lowest BCUT2D eigenvalue weighted by Gasteiger charge is -2.08. The van der Waals surface area contributed by atoms with Gasteiger partial charge in [-0.2, -0.15) is 0 Å². The number of rotatable bonds is 1. The van der Waals surface area contributed by atoms with Gasteiger partial charge >= 0.3 is 0 Å². The summed E-state index contributed by atoms with van der Waals surface area (Å²) in [5.41, 5.74) is 4.50. The molecule has 0 saturated carbocycles. The molecule has 0 atom stereocenters. The van der Waals surface area contributed by atoms with E-state index in [1.54, 1.807) is 0 Å². The Balaban J connectivity index is 2.95. The highest BCUT2D eigenvalue weighted by atomic mass is 79.9. The average Bonchev–Trinajstić information content (AvgIpc) is 2.54. The van der Waals surface area contributed by atoms with Crippen LogP contribution in [0.25, 0.3) is 0 Å². The summed E-state index contributed by atoms with van der Waals surface area (Å²) in [6, 6.07) is 0. The second kappa shape index (κ2) is 5.34. The number of hydrogen-bond acceptors (Lipinski definition) is 0. The van der Waals surface area contributed by atoms with Gasteiger partial charge in [-0.25, -0.2) is 0 Å². The van der Waals surface area contributed by atoms with Crippen molar-refractivity contribution in [2.75, 3.05) is 0 Å². The molecule has 0 N–H and O–H groups in total. The van der Waals surface area contributed by atoms with Gasteiger partial charge < -0.3 is 0 Å². The van der Waals surface area contributed by atoms with Crippen molar-refractivity contribution in [1.82, 2.24) is 0 Å². The van der Waals surface area contributed by atoms with E-state index in [9.17, 15) is 0 Å². The maximum Gasteiger partial charge on any atom is 0.129 e. The Morgan fingerprint density at radius 2 is 1.67 bits per heavy atom. The first-order valence-electron chi connectivity index (χ1n) is 4.83. The fraction of sp³-hybridized carbons (Fsp3) is 0.333. The third-order valence-corrected chi connectivity index (χ3v) is 3.59. The summed E-state index contributed by atoms with van der Waals surface area (Å²) in [6.45, 7) is 6.75. The monoisotopic (exact) mass is 344 g/mol. The molecule has 0 saturated heterocycles. The molecular weight excluding hydrogens is 332 g/mol. The Kier molecular flexibility index (Phi) is 4.63. The van der Waals surface area contributed by atoms with Gasteiger partial charge in [0.05, 0.1) is 3.39 Å². The predicted molar refractivity (Wildman–Crippen MR) is 77.8 cm³/mol. The maximum absolute atomic E-state index is 3.46. The van der Waals surface area contributed by atoms with E-state index < -0.39 is 8.07 Å². The molecule has 0 amide bonds. The Labute approximate surface area is 110 Å². The lowest BCUT2D eigenvalue weighted by molar-refractivity contribution is 1.04. The molecule has 1 aliphatic carbocycles. The van der Waals surface area contributed by atoms with E-state index in [0.29, 0.717) is 5.92 Å². The van der Waals surface area contributed by atoms with Crippen LogP contribution in [-0.2, 0) is 0 Å². The summed E-state index contributed by atoms with van der Waals surface area (Å²) < 4.78 is 0.960. The van der Waals surface area contributed by atoms with Gasteiger partial charge in [-0.05, 0) is 31.9 Å². The van der Waals surface area contributed by atoms with E-state index >= 15 is 0 Å². The first kappa shape index (κ1) is 13.0. The molecule has 15 heavy (non-hydrogen) atoms. The molecule has 0 aromatic heterocycles. The smallest absolute Gasteiger partial charge is 0.127 e. The zero-order chi connectivity index (χ0) is 11.5. The molecular formula is C12H14Br2Si. The van der Waals surface area contributed by atoms with Crippen molar-refractivity contribution < 1.29 is 0 Å². The molecule has 0 fully saturated rings. The SMILES string of the molecule is C[Si](C)(C)C#CC(=C(Br)Br)C1C=CC=C1. The first-order valence-corrected chi connectivity index (χ1v) is 9.92. The van der Waals surface area contributed by atoms with E-state index in [0.717, 1.165) is 8.96 Å². The second-order valence-electron chi connectivity index (χ2n) is 4.47. The van der Waals surface area contributed by atoms with Crippen LogP contribution < -0.4 is 0 Å². The van der Waals surface area contributed by atoms with Crippen molar-refractivity contribution in [3.63, 3.8) is 0 Å². The van der Waals surface area contributed by atoms with Crippen LogP contribution in [0, 0.1) is 17.4 Å². The summed E-state index contributed by atoms with van der Waals surface area (Å²) >= 11 is 6.92. The average molecular weight is 346 g/mol. The standard InChI is InChI=1S/C12H14Br2Si/c1-15(2,3)9-8-11(12(13)14)10-6-4-5-7-10/h4-7,10H,1-3H3. The summed E-state index contributed by atoms with van der Waals surface area (Å²) in [5, 5.41) is 0. The quantitative estimate of drug-likeness (QED) is 0.481. The molecule has 0 aromatic carbocycles. The van der Waals surface area contributed by atoms with Crippen molar-refractivity contribution in [2.45, 2.75) is 19.6 Å². The van der Waals surface area contributed by atoms with Crippen LogP contribution in [0.1, 0.15) is 0 Å². The van der Waals surface area contributed by atoms with E-state index in [1.165, 1.54) is 0 Å². The third kappa shape index (κ3) is 4.54. The second-order valence-corrected chi connectivity index (χ2v) is 11.9. The van der Waals surface area contributed by atoms with Crippen LogP contribution in [0.15, 0.2) is 33.3 Å². The molecule has 80 valence electrons. The van der Waals surface area contributed by atoms with Gasteiger partial charge in [0.1, 0.15) is 8.07 Å². The topological polar surface area (TPSA) is 0 Å². The Morgan fingerprint density at radius 3 is 2.07 bits per heavy atom. The highest BCUT2D eigenvalue weighted by Crippen LogP contribution is 2.28. The normalized spacial score (nSPS) is 15.0. The van der Waals surface area contributed by atoms with Crippen molar-refractivity contribution in [3.05, 3.63) is 33.3 Å². The van der Waals surface area contributed by atoms with Crippen LogP contribution >= 0.6 is 31.9 Å². The van der Waals surface area contributed by atoms with E-state index in [2.05, 4.69) is 87.3 Å². The van der Waals surface area contributed by atoms with E-state index in [-0.39, 0.29) is 0 Å². The summed E-state index contributed by atoms with van der Waals surface area (Å²) in [6.07, 6.45) is 8.42. The minimum Gasteiger partial charge on any atom is -0.127 e. The lowest BCUT2D eigenvalue weighted by Crippen LogP contribution is -2.16. The Bertz CT molecular complexity index is 370. The van der Waals surface area contributed by atoms with Gasteiger partial charge in [-0.3, -0.25) is 0 Å². The Morgan fingerprint density at radius 1 is 1.13 bits per heavy atom.